The number of rotatable bonds is 6. The quantitative estimate of drug-likeness (QED) is 0.442. The van der Waals surface area contributed by atoms with Gasteiger partial charge in [0.15, 0.2) is 0 Å². The molecule has 0 saturated heterocycles. The molecule has 4 rings (SSSR count). The van der Waals surface area contributed by atoms with Crippen molar-refractivity contribution in [1.82, 2.24) is 19.7 Å². The van der Waals surface area contributed by atoms with Crippen LogP contribution in [-0.2, 0) is 12.1 Å². The molecule has 10 heteroatoms. The predicted octanol–water partition coefficient (Wildman–Crippen LogP) is 3.49. The third-order valence-corrected chi connectivity index (χ3v) is 6.48. The molecule has 0 bridgehead atoms. The summed E-state index contributed by atoms with van der Waals surface area (Å²) >= 11 is 6.38. The van der Waals surface area contributed by atoms with Crippen molar-refractivity contribution in [3.05, 3.63) is 76.8 Å². The average Bonchev–Trinajstić information content (AvgIpc) is 3.35. The van der Waals surface area contributed by atoms with Crippen molar-refractivity contribution >= 4 is 38.8 Å². The van der Waals surface area contributed by atoms with E-state index < -0.39 is 23.2 Å². The van der Waals surface area contributed by atoms with E-state index in [1.54, 1.807) is 19.1 Å². The number of thiocarbonyl (C=S) groups is 1. The molecule has 30 heavy (non-hydrogen) atoms. The molecule has 2 heterocycles. The predicted molar refractivity (Wildman–Crippen MR) is 114 cm³/mol. The summed E-state index contributed by atoms with van der Waals surface area (Å²) in [6, 6.07) is 8.52. The third-order valence-electron chi connectivity index (χ3n) is 5.04. The molecule has 2 aromatic carbocycles. The van der Waals surface area contributed by atoms with Gasteiger partial charge in [0.25, 0.3) is 0 Å². The molecule has 0 radical (unpaired) electrons. The second-order valence-corrected chi connectivity index (χ2v) is 8.46. The number of aromatic nitrogens is 4. The lowest BCUT2D eigenvalue weighted by Crippen LogP contribution is -2.38. The van der Waals surface area contributed by atoms with Crippen LogP contribution in [0.2, 0.25) is 0 Å². The molecule has 0 unspecified atom stereocenters. The van der Waals surface area contributed by atoms with Crippen molar-refractivity contribution < 1.29 is 13.9 Å². The molecule has 0 saturated carbocycles. The molecule has 0 amide bonds. The highest BCUT2D eigenvalue weighted by Gasteiger charge is 2.41. The van der Waals surface area contributed by atoms with Crippen molar-refractivity contribution in [2.24, 2.45) is 5.73 Å². The topological polar surface area (TPSA) is 89.8 Å². The molecule has 3 N–H and O–H groups in total. The van der Waals surface area contributed by atoms with Crippen molar-refractivity contribution in [2.45, 2.75) is 25.0 Å². The van der Waals surface area contributed by atoms with Crippen LogP contribution in [0.5, 0.6) is 0 Å². The SMILES string of the molecule is C[C@@H](c1nc2ccc(C(N)=S)cc2s1)[C@](O)(Cn1cncn1)c1ccc(F)cc1F. The largest absolute Gasteiger partial charge is 0.389 e. The van der Waals surface area contributed by atoms with Crippen LogP contribution in [0, 0.1) is 11.6 Å². The fraction of sp³-hybridized carbons (Fsp3) is 0.200. The third kappa shape index (κ3) is 3.69. The Morgan fingerprint density at radius 2 is 2.10 bits per heavy atom. The van der Waals surface area contributed by atoms with Crippen molar-refractivity contribution in [3.63, 3.8) is 0 Å². The smallest absolute Gasteiger partial charge is 0.137 e. The van der Waals surface area contributed by atoms with Crippen molar-refractivity contribution in [1.29, 1.82) is 0 Å². The normalized spacial score (nSPS) is 14.5. The molecule has 0 aliphatic heterocycles. The Hall–Kier alpha value is -2.82. The van der Waals surface area contributed by atoms with E-state index in [2.05, 4.69) is 15.1 Å². The first-order chi connectivity index (χ1) is 14.3. The maximum atomic E-state index is 14.7. The Kier molecular flexibility index (Phi) is 5.31. The van der Waals surface area contributed by atoms with Crippen LogP contribution in [0.3, 0.4) is 0 Å². The summed E-state index contributed by atoms with van der Waals surface area (Å²) in [5.74, 6) is -2.22. The van der Waals surface area contributed by atoms with E-state index in [0.717, 1.165) is 16.8 Å². The Labute approximate surface area is 180 Å². The number of hydrogen-bond acceptors (Lipinski definition) is 6. The van der Waals surface area contributed by atoms with Gasteiger partial charge in [-0.25, -0.2) is 23.4 Å². The lowest BCUT2D eigenvalue weighted by Gasteiger charge is -2.33. The Bertz CT molecular complexity index is 1230. The number of nitrogens with two attached hydrogens (primary N) is 1. The van der Waals surface area contributed by atoms with Crippen LogP contribution < -0.4 is 5.73 Å². The highest BCUT2D eigenvalue weighted by atomic mass is 32.1. The van der Waals surface area contributed by atoms with Gasteiger partial charge >= 0.3 is 0 Å². The summed E-state index contributed by atoms with van der Waals surface area (Å²) in [6.07, 6.45) is 2.74. The van der Waals surface area contributed by atoms with E-state index >= 15 is 0 Å². The first-order valence-corrected chi connectivity index (χ1v) is 10.2. The first-order valence-electron chi connectivity index (χ1n) is 8.98. The highest BCUT2D eigenvalue weighted by molar-refractivity contribution is 7.80. The summed E-state index contributed by atoms with van der Waals surface area (Å²) in [5.41, 5.74) is 5.33. The first kappa shape index (κ1) is 20.5. The minimum atomic E-state index is -1.76. The van der Waals surface area contributed by atoms with Gasteiger partial charge < -0.3 is 10.8 Å². The standard InChI is InChI=1S/C20H17F2N5OS2/c1-11(19-26-16-5-2-12(18(23)29)6-17(16)30-19)20(28,8-27-10-24-9-25-27)14-4-3-13(21)7-15(14)22/h2-7,9-11,28H,8H2,1H3,(H2,23,29)/t11-,20+/m0/s1. The number of aliphatic hydroxyl groups is 1. The van der Waals surface area contributed by atoms with Gasteiger partial charge in [0.2, 0.25) is 0 Å². The van der Waals surface area contributed by atoms with Crippen LogP contribution in [0.15, 0.2) is 49.1 Å². The van der Waals surface area contributed by atoms with E-state index in [0.29, 0.717) is 16.1 Å². The number of benzene rings is 2. The van der Waals surface area contributed by atoms with Gasteiger partial charge in [-0.05, 0) is 24.3 Å². The summed E-state index contributed by atoms with van der Waals surface area (Å²) in [5, 5.41) is 16.3. The lowest BCUT2D eigenvalue weighted by molar-refractivity contribution is -0.0112. The molecular weight excluding hydrogens is 428 g/mol. The highest BCUT2D eigenvalue weighted by Crippen LogP contribution is 2.42. The van der Waals surface area contributed by atoms with Crippen molar-refractivity contribution in [3.8, 4) is 0 Å². The van der Waals surface area contributed by atoms with Crippen LogP contribution in [0.1, 0.15) is 29.0 Å². The molecule has 2 aromatic heterocycles. The van der Waals surface area contributed by atoms with Crippen LogP contribution in [0.25, 0.3) is 10.2 Å². The van der Waals surface area contributed by atoms with Gasteiger partial charge in [0.05, 0.1) is 21.8 Å². The van der Waals surface area contributed by atoms with Gasteiger partial charge in [-0.15, -0.1) is 11.3 Å². The van der Waals surface area contributed by atoms with Gasteiger partial charge in [-0.2, -0.15) is 5.10 Å². The molecule has 0 aliphatic rings. The van der Waals surface area contributed by atoms with Gasteiger partial charge in [0.1, 0.15) is 34.9 Å². The zero-order valence-electron chi connectivity index (χ0n) is 15.8. The van der Waals surface area contributed by atoms with Gasteiger partial charge in [-0.1, -0.05) is 25.2 Å². The van der Waals surface area contributed by atoms with Crippen LogP contribution in [-0.4, -0.2) is 29.8 Å². The summed E-state index contributed by atoms with van der Waals surface area (Å²) in [4.78, 5) is 8.77. The van der Waals surface area contributed by atoms with E-state index in [1.807, 2.05) is 6.07 Å². The van der Waals surface area contributed by atoms with E-state index in [4.69, 9.17) is 18.0 Å². The number of halogens is 2. The average molecular weight is 446 g/mol. The zero-order valence-corrected chi connectivity index (χ0v) is 17.4. The van der Waals surface area contributed by atoms with E-state index in [1.165, 1.54) is 34.7 Å². The molecule has 0 aliphatic carbocycles. The van der Waals surface area contributed by atoms with Gasteiger partial charge in [0, 0.05) is 23.1 Å². The number of hydrogen-bond donors (Lipinski definition) is 2. The maximum Gasteiger partial charge on any atom is 0.137 e. The molecule has 4 aromatic rings. The Morgan fingerprint density at radius 1 is 1.30 bits per heavy atom. The summed E-state index contributed by atoms with van der Waals surface area (Å²) in [7, 11) is 0. The second kappa shape index (κ2) is 7.78. The Balaban J connectivity index is 1.82. The number of thiazole rings is 1. The van der Waals surface area contributed by atoms with Crippen LogP contribution >= 0.6 is 23.6 Å². The minimum Gasteiger partial charge on any atom is -0.389 e. The fourth-order valence-electron chi connectivity index (χ4n) is 3.34. The molecule has 2 atom stereocenters. The van der Waals surface area contributed by atoms with Crippen molar-refractivity contribution in [2.75, 3.05) is 0 Å². The Morgan fingerprint density at radius 3 is 2.77 bits per heavy atom. The molecule has 154 valence electrons. The lowest BCUT2D eigenvalue weighted by atomic mass is 9.82. The van der Waals surface area contributed by atoms with Crippen LogP contribution in [0.4, 0.5) is 8.78 Å². The zero-order chi connectivity index (χ0) is 21.5. The maximum absolute atomic E-state index is 14.7. The monoisotopic (exact) mass is 445 g/mol. The number of nitrogens with zero attached hydrogens (tertiary/aromatic N) is 4. The number of fused-ring (bicyclic) bond motifs is 1. The van der Waals surface area contributed by atoms with Gasteiger partial charge in [-0.3, -0.25) is 0 Å². The molecular formula is C20H17F2N5OS2. The molecule has 6 nitrogen and oxygen atoms in total. The molecule has 0 fully saturated rings. The fourth-order valence-corrected chi connectivity index (χ4v) is 4.61. The second-order valence-electron chi connectivity index (χ2n) is 6.96. The summed E-state index contributed by atoms with van der Waals surface area (Å²) in [6.45, 7) is 1.65. The summed E-state index contributed by atoms with van der Waals surface area (Å²) < 4.78 is 30.4. The van der Waals surface area contributed by atoms with E-state index in [-0.39, 0.29) is 17.1 Å². The minimum absolute atomic E-state index is 0.0463. The molecule has 0 spiro atoms. The van der Waals surface area contributed by atoms with E-state index in [9.17, 15) is 13.9 Å².